The predicted octanol–water partition coefficient (Wildman–Crippen LogP) is 5.05. The third-order valence-corrected chi connectivity index (χ3v) is 5.15. The van der Waals surface area contributed by atoms with Crippen molar-refractivity contribution in [1.82, 2.24) is 4.98 Å². The fraction of sp³-hybridized carbons (Fsp3) is 0.308. The summed E-state index contributed by atoms with van der Waals surface area (Å²) in [5, 5.41) is 9.73. The molecule has 0 amide bonds. The van der Waals surface area contributed by atoms with Crippen LogP contribution in [-0.2, 0) is 12.8 Å². The van der Waals surface area contributed by atoms with E-state index in [4.69, 9.17) is 23.9 Å². The molecule has 0 spiro atoms. The third kappa shape index (κ3) is 5.74. The van der Waals surface area contributed by atoms with Crippen molar-refractivity contribution in [3.05, 3.63) is 65.4 Å². The normalized spacial score (nSPS) is 10.7. The number of methoxy groups -OCH3 is 3. The highest BCUT2D eigenvalue weighted by Crippen LogP contribution is 2.34. The first-order chi connectivity index (χ1) is 15.9. The molecule has 0 radical (unpaired) electrons. The van der Waals surface area contributed by atoms with Crippen LogP contribution < -0.4 is 18.9 Å². The summed E-state index contributed by atoms with van der Waals surface area (Å²) in [5.74, 6) is 1.71. The monoisotopic (exact) mass is 451 g/mol. The highest BCUT2D eigenvalue weighted by molar-refractivity contribution is 5.89. The second-order valence-corrected chi connectivity index (χ2v) is 7.70. The molecule has 0 atom stereocenters. The maximum atomic E-state index is 11.9. The Morgan fingerprint density at radius 2 is 1.55 bits per heavy atom. The molecule has 0 aliphatic heterocycles. The number of ether oxygens (including phenoxy) is 4. The molecule has 0 aliphatic rings. The van der Waals surface area contributed by atoms with Crippen LogP contribution in [0.4, 0.5) is 0 Å². The molecule has 3 aromatic rings. The van der Waals surface area contributed by atoms with E-state index < -0.39 is 5.97 Å². The molecular formula is C26H29NO6. The Balaban J connectivity index is 2.02. The van der Waals surface area contributed by atoms with Gasteiger partial charge in [-0.1, -0.05) is 0 Å². The molecular weight excluding hydrogens is 422 g/mol. The lowest BCUT2D eigenvalue weighted by Gasteiger charge is -2.16. The summed E-state index contributed by atoms with van der Waals surface area (Å²) in [5.41, 5.74) is 2.89. The van der Waals surface area contributed by atoms with Gasteiger partial charge in [-0.05, 0) is 80.8 Å². The molecule has 0 aliphatic carbocycles. The summed E-state index contributed by atoms with van der Waals surface area (Å²) < 4.78 is 22.1. The molecule has 0 unspecified atom stereocenters. The van der Waals surface area contributed by atoms with Crippen LogP contribution in [0.1, 0.15) is 35.5 Å². The molecule has 3 rings (SSSR count). The quantitative estimate of drug-likeness (QED) is 0.462. The first-order valence-corrected chi connectivity index (χ1v) is 10.7. The van der Waals surface area contributed by atoms with E-state index in [1.54, 1.807) is 33.5 Å². The maximum Gasteiger partial charge on any atom is 0.337 e. The molecule has 1 N–H and O–H groups in total. The van der Waals surface area contributed by atoms with Gasteiger partial charge in [0.2, 0.25) is 0 Å². The lowest BCUT2D eigenvalue weighted by molar-refractivity contribution is 0.0695. The minimum absolute atomic E-state index is 0.0320. The molecule has 174 valence electrons. The van der Waals surface area contributed by atoms with Gasteiger partial charge in [-0.3, -0.25) is 4.98 Å². The zero-order chi connectivity index (χ0) is 24.0. The minimum Gasteiger partial charge on any atom is -0.497 e. The number of rotatable bonds is 10. The molecule has 2 aromatic carbocycles. The number of aromatic carboxylic acids is 1. The van der Waals surface area contributed by atoms with Gasteiger partial charge < -0.3 is 24.1 Å². The van der Waals surface area contributed by atoms with E-state index in [1.807, 2.05) is 50.2 Å². The van der Waals surface area contributed by atoms with Crippen molar-refractivity contribution in [2.75, 3.05) is 21.3 Å². The fourth-order valence-corrected chi connectivity index (χ4v) is 3.56. The van der Waals surface area contributed by atoms with Crippen molar-refractivity contribution >= 4 is 5.97 Å². The Labute approximate surface area is 193 Å². The van der Waals surface area contributed by atoms with Gasteiger partial charge in [0.15, 0.2) is 0 Å². The number of aryl methyl sites for hydroxylation is 2. The lowest BCUT2D eigenvalue weighted by Crippen LogP contribution is -2.09. The van der Waals surface area contributed by atoms with Crippen molar-refractivity contribution < 1.29 is 28.8 Å². The van der Waals surface area contributed by atoms with Crippen LogP contribution in [0.5, 0.6) is 23.0 Å². The van der Waals surface area contributed by atoms with Crippen LogP contribution in [0.3, 0.4) is 0 Å². The first kappa shape index (κ1) is 23.9. The summed E-state index contributed by atoms with van der Waals surface area (Å²) in [7, 11) is 4.80. The van der Waals surface area contributed by atoms with Crippen LogP contribution in [0.25, 0.3) is 11.3 Å². The fourth-order valence-electron chi connectivity index (χ4n) is 3.56. The number of aromatic nitrogens is 1. The number of nitrogens with zero attached hydrogens (tertiary/aromatic N) is 1. The Morgan fingerprint density at radius 3 is 2.15 bits per heavy atom. The van der Waals surface area contributed by atoms with E-state index in [2.05, 4.69) is 0 Å². The molecule has 0 saturated carbocycles. The van der Waals surface area contributed by atoms with E-state index >= 15 is 0 Å². The summed E-state index contributed by atoms with van der Waals surface area (Å²) in [6, 6.07) is 14.3. The van der Waals surface area contributed by atoms with E-state index in [0.29, 0.717) is 47.2 Å². The maximum absolute atomic E-state index is 11.9. The van der Waals surface area contributed by atoms with E-state index in [9.17, 15) is 9.90 Å². The van der Waals surface area contributed by atoms with Gasteiger partial charge in [0.05, 0.1) is 44.4 Å². The van der Waals surface area contributed by atoms with Crippen molar-refractivity contribution in [1.29, 1.82) is 0 Å². The molecule has 0 saturated heterocycles. The predicted molar refractivity (Wildman–Crippen MR) is 126 cm³/mol. The van der Waals surface area contributed by atoms with Crippen LogP contribution in [-0.4, -0.2) is 43.5 Å². The second-order valence-electron chi connectivity index (χ2n) is 7.70. The minimum atomic E-state index is -1.02. The molecule has 1 heterocycles. The van der Waals surface area contributed by atoms with Gasteiger partial charge in [0, 0.05) is 5.56 Å². The number of hydrogen-bond acceptors (Lipinski definition) is 6. The SMILES string of the molecule is COc1ccc(OC)c(CCc2nc(-c3cc(OC)ccc3OC(C)C)ccc2C(=O)O)c1. The Hall–Kier alpha value is -3.74. The summed E-state index contributed by atoms with van der Waals surface area (Å²) in [4.78, 5) is 16.6. The third-order valence-electron chi connectivity index (χ3n) is 5.15. The van der Waals surface area contributed by atoms with Gasteiger partial charge >= 0.3 is 5.97 Å². The summed E-state index contributed by atoms with van der Waals surface area (Å²) >= 11 is 0. The Bertz CT molecular complexity index is 1130. The Kier molecular flexibility index (Phi) is 7.77. The molecule has 33 heavy (non-hydrogen) atoms. The van der Waals surface area contributed by atoms with Gasteiger partial charge in [-0.2, -0.15) is 0 Å². The largest absolute Gasteiger partial charge is 0.497 e. The van der Waals surface area contributed by atoms with Crippen LogP contribution in [0.15, 0.2) is 48.5 Å². The van der Waals surface area contributed by atoms with Gasteiger partial charge in [0.1, 0.15) is 23.0 Å². The van der Waals surface area contributed by atoms with Crippen molar-refractivity contribution in [3.63, 3.8) is 0 Å². The van der Waals surface area contributed by atoms with Crippen LogP contribution >= 0.6 is 0 Å². The second kappa shape index (κ2) is 10.7. The smallest absolute Gasteiger partial charge is 0.337 e. The van der Waals surface area contributed by atoms with Gasteiger partial charge in [-0.15, -0.1) is 0 Å². The average Bonchev–Trinajstić information content (AvgIpc) is 2.82. The molecule has 7 nitrogen and oxygen atoms in total. The van der Waals surface area contributed by atoms with Gasteiger partial charge in [-0.25, -0.2) is 4.79 Å². The zero-order valence-electron chi connectivity index (χ0n) is 19.5. The first-order valence-electron chi connectivity index (χ1n) is 10.7. The number of carboxylic acid groups (broad SMARTS) is 1. The molecule has 1 aromatic heterocycles. The number of pyridine rings is 1. The summed E-state index contributed by atoms with van der Waals surface area (Å²) in [6.45, 7) is 3.89. The van der Waals surface area contributed by atoms with Gasteiger partial charge in [0.25, 0.3) is 0 Å². The Morgan fingerprint density at radius 1 is 0.879 bits per heavy atom. The molecule has 0 bridgehead atoms. The number of carbonyl (C=O) groups is 1. The molecule has 7 heteroatoms. The van der Waals surface area contributed by atoms with E-state index in [0.717, 1.165) is 11.1 Å². The van der Waals surface area contributed by atoms with E-state index in [1.165, 1.54) is 0 Å². The average molecular weight is 452 g/mol. The lowest BCUT2D eigenvalue weighted by atomic mass is 10.0. The number of carboxylic acids is 1. The van der Waals surface area contributed by atoms with Crippen molar-refractivity contribution in [3.8, 4) is 34.3 Å². The highest BCUT2D eigenvalue weighted by atomic mass is 16.5. The molecule has 0 fully saturated rings. The van der Waals surface area contributed by atoms with Crippen LogP contribution in [0.2, 0.25) is 0 Å². The highest BCUT2D eigenvalue weighted by Gasteiger charge is 2.17. The standard InChI is InChI=1S/C26H29NO6/c1-16(2)33-25-13-8-19(31-4)15-21(25)23-11-9-20(26(28)29)22(27-23)10-6-17-14-18(30-3)7-12-24(17)32-5/h7-9,11-16H,6,10H2,1-5H3,(H,28,29). The van der Waals surface area contributed by atoms with Crippen LogP contribution in [0, 0.1) is 0 Å². The van der Waals surface area contributed by atoms with Crippen molar-refractivity contribution in [2.24, 2.45) is 0 Å². The number of benzene rings is 2. The topological polar surface area (TPSA) is 87.1 Å². The number of hydrogen-bond donors (Lipinski definition) is 1. The summed E-state index contributed by atoms with van der Waals surface area (Å²) in [6.07, 6.45) is 0.906. The zero-order valence-corrected chi connectivity index (χ0v) is 19.5. The van der Waals surface area contributed by atoms with E-state index in [-0.39, 0.29) is 11.7 Å². The van der Waals surface area contributed by atoms with Crippen molar-refractivity contribution in [2.45, 2.75) is 32.8 Å².